The van der Waals surface area contributed by atoms with Gasteiger partial charge in [-0.1, -0.05) is 23.7 Å². The van der Waals surface area contributed by atoms with Crippen molar-refractivity contribution in [1.29, 1.82) is 0 Å². The van der Waals surface area contributed by atoms with Crippen LogP contribution in [0.2, 0.25) is 5.02 Å². The molecule has 0 spiro atoms. The van der Waals surface area contributed by atoms with Gasteiger partial charge in [0.25, 0.3) is 11.8 Å². The minimum atomic E-state index is -0.477. The number of carbonyl (C=O) groups is 3. The van der Waals surface area contributed by atoms with Crippen LogP contribution in [0.15, 0.2) is 42.5 Å². The van der Waals surface area contributed by atoms with E-state index in [1.54, 1.807) is 44.2 Å². The van der Waals surface area contributed by atoms with Gasteiger partial charge in [0.15, 0.2) is 0 Å². The summed E-state index contributed by atoms with van der Waals surface area (Å²) in [5, 5.41) is 3.92. The molecule has 1 saturated heterocycles. The number of ether oxygens (including phenoxy) is 1. The van der Waals surface area contributed by atoms with Gasteiger partial charge in [0.05, 0.1) is 17.4 Å². The Hall–Kier alpha value is -2.71. The maximum Gasteiger partial charge on any atom is 0.273 e. The van der Waals surface area contributed by atoms with Gasteiger partial charge in [-0.3, -0.25) is 19.8 Å². The van der Waals surface area contributed by atoms with Crippen molar-refractivity contribution < 1.29 is 19.1 Å². The molecule has 1 aliphatic rings. The van der Waals surface area contributed by atoms with Crippen molar-refractivity contribution in [3.63, 3.8) is 0 Å². The van der Waals surface area contributed by atoms with Crippen LogP contribution in [0.5, 0.6) is 5.75 Å². The minimum Gasteiger partial charge on any atom is -0.493 e. The molecule has 1 aliphatic heterocycles. The van der Waals surface area contributed by atoms with E-state index in [9.17, 15) is 14.4 Å². The van der Waals surface area contributed by atoms with Gasteiger partial charge in [0.2, 0.25) is 5.91 Å². The second-order valence-corrected chi connectivity index (χ2v) is 8.52. The van der Waals surface area contributed by atoms with E-state index in [2.05, 4.69) is 10.7 Å². The zero-order chi connectivity index (χ0) is 21.8. The average molecular weight is 448 g/mol. The summed E-state index contributed by atoms with van der Waals surface area (Å²) >= 11 is 7.41. The molecule has 0 saturated carbocycles. The molecule has 2 aromatic rings. The first-order chi connectivity index (χ1) is 14.3. The molecule has 3 rings (SSSR count). The molecule has 0 bridgehead atoms. The topological polar surface area (TPSA) is 87.7 Å². The molecule has 7 nitrogen and oxygen atoms in total. The molecule has 9 heteroatoms. The lowest BCUT2D eigenvalue weighted by Gasteiger charge is -2.25. The lowest BCUT2D eigenvalue weighted by Crippen LogP contribution is -2.45. The molecule has 1 heterocycles. The molecule has 2 atom stereocenters. The van der Waals surface area contributed by atoms with Crippen LogP contribution >= 0.6 is 23.4 Å². The van der Waals surface area contributed by atoms with Crippen LogP contribution in [-0.4, -0.2) is 34.6 Å². The number of nitrogens with zero attached hydrogens (tertiary/aromatic N) is 1. The number of hydrogen-bond acceptors (Lipinski definition) is 5. The molecule has 2 aromatic carbocycles. The van der Waals surface area contributed by atoms with Gasteiger partial charge >= 0.3 is 0 Å². The molecule has 30 heavy (non-hydrogen) atoms. The van der Waals surface area contributed by atoms with Gasteiger partial charge < -0.3 is 10.1 Å². The standard InChI is InChI=1S/C21H22ClN3O4S/c1-4-29-18-11-16(23-13(3)26)9-10-17(18)19(27)24-25-20(28)12(2)30-21(25)14-5-7-15(22)8-6-14/h5-12,21H,4H2,1-3H3,(H,23,26)(H,24,27)/t12-,21+/m0/s1. The number of carbonyl (C=O) groups excluding carboxylic acids is 3. The number of amides is 3. The number of hydrogen-bond donors (Lipinski definition) is 2. The average Bonchev–Trinajstić information content (AvgIpc) is 2.97. The summed E-state index contributed by atoms with van der Waals surface area (Å²) in [7, 11) is 0. The van der Waals surface area contributed by atoms with Crippen molar-refractivity contribution in [2.75, 3.05) is 11.9 Å². The van der Waals surface area contributed by atoms with E-state index in [1.165, 1.54) is 23.7 Å². The van der Waals surface area contributed by atoms with E-state index in [0.29, 0.717) is 23.1 Å². The maximum atomic E-state index is 13.0. The Morgan fingerprint density at radius 2 is 1.90 bits per heavy atom. The molecule has 1 fully saturated rings. The summed E-state index contributed by atoms with van der Waals surface area (Å²) in [6.45, 7) is 5.34. The Labute approximate surface area is 184 Å². The zero-order valence-electron chi connectivity index (χ0n) is 16.8. The second kappa shape index (κ2) is 9.40. The summed E-state index contributed by atoms with van der Waals surface area (Å²) in [5.74, 6) is -0.582. The fourth-order valence-electron chi connectivity index (χ4n) is 3.03. The third-order valence-electron chi connectivity index (χ3n) is 4.38. The van der Waals surface area contributed by atoms with E-state index in [4.69, 9.17) is 16.3 Å². The molecule has 0 aromatic heterocycles. The van der Waals surface area contributed by atoms with Crippen LogP contribution in [-0.2, 0) is 9.59 Å². The van der Waals surface area contributed by atoms with Crippen molar-refractivity contribution in [2.45, 2.75) is 31.4 Å². The first-order valence-corrected chi connectivity index (χ1v) is 10.7. The number of nitrogens with one attached hydrogen (secondary N) is 2. The van der Waals surface area contributed by atoms with Crippen molar-refractivity contribution in [3.8, 4) is 5.75 Å². The van der Waals surface area contributed by atoms with E-state index in [-0.39, 0.29) is 28.0 Å². The van der Waals surface area contributed by atoms with Gasteiger partial charge in [-0.15, -0.1) is 11.8 Å². The SMILES string of the molecule is CCOc1cc(NC(C)=O)ccc1C(=O)NN1C(=O)[C@H](C)S[C@@H]1c1ccc(Cl)cc1. The number of benzene rings is 2. The Kier molecular flexibility index (Phi) is 6.89. The first-order valence-electron chi connectivity index (χ1n) is 9.39. The summed E-state index contributed by atoms with van der Waals surface area (Å²) in [4.78, 5) is 37.0. The van der Waals surface area contributed by atoms with Crippen LogP contribution in [0.3, 0.4) is 0 Å². The fraction of sp³-hybridized carbons (Fsp3) is 0.286. The molecule has 2 N–H and O–H groups in total. The third-order valence-corrected chi connectivity index (χ3v) is 5.98. The number of rotatable bonds is 6. The van der Waals surface area contributed by atoms with E-state index in [0.717, 1.165) is 5.56 Å². The Balaban J connectivity index is 1.86. The van der Waals surface area contributed by atoms with Gasteiger partial charge in [-0.2, -0.15) is 0 Å². The number of halogens is 1. The van der Waals surface area contributed by atoms with E-state index < -0.39 is 5.91 Å². The molecule has 0 aliphatic carbocycles. The maximum absolute atomic E-state index is 13.0. The van der Waals surface area contributed by atoms with Gasteiger partial charge in [0.1, 0.15) is 11.1 Å². The molecule has 3 amide bonds. The second-order valence-electron chi connectivity index (χ2n) is 6.66. The quantitative estimate of drug-likeness (QED) is 0.698. The molecule has 0 radical (unpaired) electrons. The minimum absolute atomic E-state index is 0.193. The molecule has 0 unspecified atom stereocenters. The predicted octanol–water partition coefficient (Wildman–Crippen LogP) is 4.00. The van der Waals surface area contributed by atoms with Crippen LogP contribution in [0.25, 0.3) is 0 Å². The van der Waals surface area contributed by atoms with Crippen LogP contribution in [0, 0.1) is 0 Å². The van der Waals surface area contributed by atoms with Crippen molar-refractivity contribution in [1.82, 2.24) is 10.4 Å². The normalized spacial score (nSPS) is 18.3. The highest BCUT2D eigenvalue weighted by Gasteiger charge is 2.40. The Morgan fingerprint density at radius 3 is 2.53 bits per heavy atom. The summed E-state index contributed by atoms with van der Waals surface area (Å²) < 4.78 is 5.58. The number of anilines is 1. The lowest BCUT2D eigenvalue weighted by atomic mass is 10.1. The Morgan fingerprint density at radius 1 is 1.20 bits per heavy atom. The fourth-order valence-corrected chi connectivity index (χ4v) is 4.36. The number of thioether (sulfide) groups is 1. The van der Waals surface area contributed by atoms with E-state index >= 15 is 0 Å². The summed E-state index contributed by atoms with van der Waals surface area (Å²) in [6.07, 6.45) is 0. The Bertz CT molecular complexity index is 967. The smallest absolute Gasteiger partial charge is 0.273 e. The molecular weight excluding hydrogens is 426 g/mol. The van der Waals surface area contributed by atoms with Crippen molar-refractivity contribution in [2.24, 2.45) is 0 Å². The van der Waals surface area contributed by atoms with Crippen LogP contribution in [0.1, 0.15) is 42.1 Å². The highest BCUT2D eigenvalue weighted by atomic mass is 35.5. The first kappa shape index (κ1) is 22.0. The third kappa shape index (κ3) is 4.88. The largest absolute Gasteiger partial charge is 0.493 e. The highest BCUT2D eigenvalue weighted by molar-refractivity contribution is 8.01. The molecular formula is C21H22ClN3O4S. The monoisotopic (exact) mass is 447 g/mol. The summed E-state index contributed by atoms with van der Waals surface area (Å²) in [6, 6.07) is 11.9. The number of hydrazine groups is 1. The van der Waals surface area contributed by atoms with E-state index in [1.807, 2.05) is 12.1 Å². The van der Waals surface area contributed by atoms with Crippen LogP contribution in [0.4, 0.5) is 5.69 Å². The van der Waals surface area contributed by atoms with Gasteiger partial charge in [0, 0.05) is 23.7 Å². The van der Waals surface area contributed by atoms with Gasteiger partial charge in [-0.25, -0.2) is 5.01 Å². The zero-order valence-corrected chi connectivity index (χ0v) is 18.3. The van der Waals surface area contributed by atoms with Crippen LogP contribution < -0.4 is 15.5 Å². The van der Waals surface area contributed by atoms with Gasteiger partial charge in [-0.05, 0) is 43.7 Å². The summed E-state index contributed by atoms with van der Waals surface area (Å²) in [5.41, 5.74) is 4.36. The predicted molar refractivity (Wildman–Crippen MR) is 117 cm³/mol. The highest BCUT2D eigenvalue weighted by Crippen LogP contribution is 2.42. The van der Waals surface area contributed by atoms with Crippen molar-refractivity contribution >= 4 is 46.8 Å². The lowest BCUT2D eigenvalue weighted by molar-refractivity contribution is -0.132. The molecule has 158 valence electrons. The van der Waals surface area contributed by atoms with Crippen molar-refractivity contribution in [3.05, 3.63) is 58.6 Å².